The number of para-hydroxylation sites is 1. The molecule has 126 valence electrons. The third kappa shape index (κ3) is 3.70. The smallest absolute Gasteiger partial charge is 0.193 e. The van der Waals surface area contributed by atoms with Crippen LogP contribution in [0.1, 0.15) is 16.7 Å². The van der Waals surface area contributed by atoms with E-state index < -0.39 is 0 Å². The molecule has 2 aromatic carbocycles. The molecular weight excluding hydrogens is 298 g/mol. The molecule has 0 saturated carbocycles. The van der Waals surface area contributed by atoms with Gasteiger partial charge in [0.2, 0.25) is 0 Å². The zero-order valence-electron chi connectivity index (χ0n) is 14.5. The third-order valence-electron chi connectivity index (χ3n) is 4.51. The number of fused-ring (bicyclic) bond motifs is 1. The molecule has 0 spiro atoms. The molecule has 1 heterocycles. The van der Waals surface area contributed by atoms with Gasteiger partial charge in [0.15, 0.2) is 5.96 Å². The van der Waals surface area contributed by atoms with E-state index in [1.165, 1.54) is 16.7 Å². The number of benzene rings is 2. The van der Waals surface area contributed by atoms with Gasteiger partial charge in [-0.05, 0) is 35.6 Å². The number of rotatable bonds is 4. The Hall–Kier alpha value is -2.49. The fourth-order valence-corrected chi connectivity index (χ4v) is 3.23. The maximum absolute atomic E-state index is 5.42. The van der Waals surface area contributed by atoms with E-state index in [0.717, 1.165) is 44.2 Å². The first-order chi connectivity index (χ1) is 11.8. The fourth-order valence-electron chi connectivity index (χ4n) is 3.23. The minimum atomic E-state index is 0.838. The zero-order valence-corrected chi connectivity index (χ0v) is 14.5. The molecule has 0 atom stereocenters. The molecule has 0 radical (unpaired) electrons. The monoisotopic (exact) mass is 323 g/mol. The van der Waals surface area contributed by atoms with E-state index in [1.54, 1.807) is 7.11 Å². The van der Waals surface area contributed by atoms with Crippen LogP contribution in [0.2, 0.25) is 0 Å². The summed E-state index contributed by atoms with van der Waals surface area (Å²) in [6, 6.07) is 16.8. The molecule has 3 rings (SSSR count). The Bertz CT molecular complexity index is 712. The number of methoxy groups -OCH3 is 1. The second-order valence-electron chi connectivity index (χ2n) is 5.98. The van der Waals surface area contributed by atoms with Crippen LogP contribution in [0.15, 0.2) is 53.5 Å². The standard InChI is InChI=1S/C20H25N3O/c1-21-20(22-13-11-17-8-5-6-10-19(17)24-2)23-14-12-16-7-3-4-9-18(16)15-23/h3-10H,11-15H2,1-2H3,(H,21,22). The summed E-state index contributed by atoms with van der Waals surface area (Å²) in [5.41, 5.74) is 4.07. The molecule has 24 heavy (non-hydrogen) atoms. The van der Waals surface area contributed by atoms with Gasteiger partial charge in [0.25, 0.3) is 0 Å². The van der Waals surface area contributed by atoms with Crippen molar-refractivity contribution in [3.8, 4) is 5.75 Å². The van der Waals surface area contributed by atoms with Crippen LogP contribution in [0, 0.1) is 0 Å². The summed E-state index contributed by atoms with van der Waals surface area (Å²) in [6.07, 6.45) is 1.98. The zero-order chi connectivity index (χ0) is 16.8. The van der Waals surface area contributed by atoms with Gasteiger partial charge in [0.05, 0.1) is 7.11 Å². The first kappa shape index (κ1) is 16.4. The molecule has 4 nitrogen and oxygen atoms in total. The van der Waals surface area contributed by atoms with E-state index >= 15 is 0 Å². The van der Waals surface area contributed by atoms with Crippen molar-refractivity contribution in [1.29, 1.82) is 0 Å². The minimum Gasteiger partial charge on any atom is -0.496 e. The molecular formula is C20H25N3O. The molecule has 0 saturated heterocycles. The Morgan fingerprint density at radius 1 is 1.12 bits per heavy atom. The summed E-state index contributed by atoms with van der Waals surface area (Å²) < 4.78 is 5.42. The van der Waals surface area contributed by atoms with Crippen molar-refractivity contribution in [2.45, 2.75) is 19.4 Å². The quantitative estimate of drug-likeness (QED) is 0.694. The largest absolute Gasteiger partial charge is 0.496 e. The molecule has 0 aromatic heterocycles. The van der Waals surface area contributed by atoms with Crippen LogP contribution in [-0.4, -0.2) is 38.1 Å². The number of hydrogen-bond donors (Lipinski definition) is 1. The normalized spacial score (nSPS) is 14.2. The fraction of sp³-hybridized carbons (Fsp3) is 0.350. The first-order valence-corrected chi connectivity index (χ1v) is 8.46. The van der Waals surface area contributed by atoms with Crippen LogP contribution >= 0.6 is 0 Å². The summed E-state index contributed by atoms with van der Waals surface area (Å²) in [7, 11) is 3.57. The molecule has 4 heteroatoms. The van der Waals surface area contributed by atoms with Gasteiger partial charge in [-0.25, -0.2) is 0 Å². The van der Waals surface area contributed by atoms with Gasteiger partial charge >= 0.3 is 0 Å². The first-order valence-electron chi connectivity index (χ1n) is 8.46. The van der Waals surface area contributed by atoms with Crippen LogP contribution in [0.4, 0.5) is 0 Å². The number of hydrogen-bond acceptors (Lipinski definition) is 2. The van der Waals surface area contributed by atoms with E-state index in [0.29, 0.717) is 0 Å². The average Bonchev–Trinajstić information content (AvgIpc) is 2.65. The Morgan fingerprint density at radius 2 is 1.88 bits per heavy atom. The van der Waals surface area contributed by atoms with Gasteiger partial charge < -0.3 is 15.0 Å². The molecule has 1 N–H and O–H groups in total. The van der Waals surface area contributed by atoms with Gasteiger partial charge in [-0.2, -0.15) is 0 Å². The average molecular weight is 323 g/mol. The highest BCUT2D eigenvalue weighted by atomic mass is 16.5. The predicted octanol–water partition coefficient (Wildman–Crippen LogP) is 2.87. The molecule has 2 aromatic rings. The van der Waals surface area contributed by atoms with E-state index in [9.17, 15) is 0 Å². The highest BCUT2D eigenvalue weighted by molar-refractivity contribution is 5.80. The predicted molar refractivity (Wildman–Crippen MR) is 98.6 cm³/mol. The Morgan fingerprint density at radius 3 is 2.67 bits per heavy atom. The van der Waals surface area contributed by atoms with Crippen molar-refractivity contribution in [2.24, 2.45) is 4.99 Å². The maximum atomic E-state index is 5.42. The molecule has 1 aliphatic heterocycles. The number of ether oxygens (including phenoxy) is 1. The van der Waals surface area contributed by atoms with Crippen molar-refractivity contribution >= 4 is 5.96 Å². The SMILES string of the molecule is CN=C(NCCc1ccccc1OC)N1CCc2ccccc2C1. The Labute approximate surface area is 144 Å². The summed E-state index contributed by atoms with van der Waals surface area (Å²) in [6.45, 7) is 2.76. The Kier molecular flexibility index (Phi) is 5.36. The molecule has 0 bridgehead atoms. The van der Waals surface area contributed by atoms with E-state index in [-0.39, 0.29) is 0 Å². The number of nitrogens with one attached hydrogen (secondary N) is 1. The third-order valence-corrected chi connectivity index (χ3v) is 4.51. The van der Waals surface area contributed by atoms with E-state index in [1.807, 2.05) is 25.2 Å². The maximum Gasteiger partial charge on any atom is 0.193 e. The van der Waals surface area contributed by atoms with Gasteiger partial charge in [-0.15, -0.1) is 0 Å². The summed E-state index contributed by atoms with van der Waals surface area (Å²) in [5, 5.41) is 3.49. The van der Waals surface area contributed by atoms with Crippen LogP contribution in [0.3, 0.4) is 0 Å². The molecule has 0 aliphatic carbocycles. The van der Waals surface area contributed by atoms with Crippen molar-refractivity contribution in [1.82, 2.24) is 10.2 Å². The van der Waals surface area contributed by atoms with Crippen LogP contribution < -0.4 is 10.1 Å². The second kappa shape index (κ2) is 7.86. The number of nitrogens with zero attached hydrogens (tertiary/aromatic N) is 2. The lowest BCUT2D eigenvalue weighted by atomic mass is 10.0. The molecule has 0 unspecified atom stereocenters. The summed E-state index contributed by atoms with van der Waals surface area (Å²) in [5.74, 6) is 1.92. The van der Waals surface area contributed by atoms with E-state index in [4.69, 9.17) is 4.74 Å². The lowest BCUT2D eigenvalue weighted by molar-refractivity contribution is 0.378. The molecule has 0 amide bonds. The lowest BCUT2D eigenvalue weighted by Gasteiger charge is -2.31. The van der Waals surface area contributed by atoms with Crippen LogP contribution in [0.5, 0.6) is 5.75 Å². The van der Waals surface area contributed by atoms with Crippen molar-refractivity contribution in [3.63, 3.8) is 0 Å². The van der Waals surface area contributed by atoms with Crippen LogP contribution in [-0.2, 0) is 19.4 Å². The molecule has 0 fully saturated rings. The van der Waals surface area contributed by atoms with Gasteiger partial charge in [-0.3, -0.25) is 4.99 Å². The van der Waals surface area contributed by atoms with Gasteiger partial charge in [-0.1, -0.05) is 42.5 Å². The van der Waals surface area contributed by atoms with Gasteiger partial charge in [0, 0.05) is 26.7 Å². The van der Waals surface area contributed by atoms with Crippen molar-refractivity contribution < 1.29 is 4.74 Å². The topological polar surface area (TPSA) is 36.9 Å². The lowest BCUT2D eigenvalue weighted by Crippen LogP contribution is -2.44. The minimum absolute atomic E-state index is 0.838. The highest BCUT2D eigenvalue weighted by Crippen LogP contribution is 2.19. The van der Waals surface area contributed by atoms with Crippen molar-refractivity contribution in [3.05, 3.63) is 65.2 Å². The van der Waals surface area contributed by atoms with E-state index in [2.05, 4.69) is 45.5 Å². The molecule has 1 aliphatic rings. The van der Waals surface area contributed by atoms with Gasteiger partial charge in [0.1, 0.15) is 5.75 Å². The highest BCUT2D eigenvalue weighted by Gasteiger charge is 2.18. The van der Waals surface area contributed by atoms with Crippen molar-refractivity contribution in [2.75, 3.05) is 27.2 Å². The number of guanidine groups is 1. The summed E-state index contributed by atoms with van der Waals surface area (Å²) in [4.78, 5) is 6.78. The second-order valence-corrected chi connectivity index (χ2v) is 5.98. The van der Waals surface area contributed by atoms with Crippen LogP contribution in [0.25, 0.3) is 0 Å². The Balaban J connectivity index is 1.58. The summed E-state index contributed by atoms with van der Waals surface area (Å²) >= 11 is 0. The number of aliphatic imine (C=N–C) groups is 1.